The van der Waals surface area contributed by atoms with Crippen molar-refractivity contribution in [1.82, 2.24) is 10.6 Å². The van der Waals surface area contributed by atoms with Crippen molar-refractivity contribution in [2.24, 2.45) is 4.99 Å². The van der Waals surface area contributed by atoms with E-state index in [0.717, 1.165) is 24.8 Å². The van der Waals surface area contributed by atoms with E-state index in [1.165, 1.54) is 23.8 Å². The third-order valence-electron chi connectivity index (χ3n) is 4.41. The molecular weight excluding hydrogens is 405 g/mol. The second-order valence-electron chi connectivity index (χ2n) is 7.20. The van der Waals surface area contributed by atoms with Crippen LogP contribution < -0.4 is 15.4 Å². The summed E-state index contributed by atoms with van der Waals surface area (Å²) in [5, 5.41) is 6.31. The van der Waals surface area contributed by atoms with Crippen molar-refractivity contribution in [2.45, 2.75) is 32.1 Å². The number of guanidine groups is 1. The molecule has 2 aromatic rings. The van der Waals surface area contributed by atoms with Crippen LogP contribution in [0.5, 0.6) is 5.75 Å². The zero-order valence-electron chi connectivity index (χ0n) is 17.7. The quantitative estimate of drug-likeness (QED) is 0.340. The molecule has 0 saturated carbocycles. The Morgan fingerprint density at radius 1 is 1.07 bits per heavy atom. The van der Waals surface area contributed by atoms with Gasteiger partial charge in [-0.2, -0.15) is 0 Å². The van der Waals surface area contributed by atoms with Crippen molar-refractivity contribution in [3.8, 4) is 5.75 Å². The van der Waals surface area contributed by atoms with Gasteiger partial charge < -0.3 is 15.4 Å². The van der Waals surface area contributed by atoms with Crippen molar-refractivity contribution in [2.75, 3.05) is 26.5 Å². The molecule has 0 atom stereocenters. The second kappa shape index (κ2) is 11.5. The number of sulfone groups is 1. The minimum absolute atomic E-state index is 0.128. The zero-order valence-corrected chi connectivity index (χ0v) is 18.6. The summed E-state index contributed by atoms with van der Waals surface area (Å²) in [6, 6.07) is 12.1. The Bertz CT molecular complexity index is 945. The molecule has 0 radical (unpaired) electrons. The van der Waals surface area contributed by atoms with Gasteiger partial charge in [0.25, 0.3) is 0 Å². The average molecular weight is 436 g/mol. The van der Waals surface area contributed by atoms with E-state index in [0.29, 0.717) is 30.2 Å². The summed E-state index contributed by atoms with van der Waals surface area (Å²) in [4.78, 5) is 4.15. The fraction of sp³-hybridized carbons (Fsp3) is 0.409. The summed E-state index contributed by atoms with van der Waals surface area (Å²) in [6.45, 7) is 3.65. The van der Waals surface area contributed by atoms with E-state index in [9.17, 15) is 12.8 Å². The van der Waals surface area contributed by atoms with Crippen molar-refractivity contribution in [3.63, 3.8) is 0 Å². The number of unbranched alkanes of at least 4 members (excludes halogenated alkanes) is 1. The van der Waals surface area contributed by atoms with Crippen molar-refractivity contribution < 1.29 is 17.5 Å². The van der Waals surface area contributed by atoms with Gasteiger partial charge >= 0.3 is 0 Å². The van der Waals surface area contributed by atoms with Crippen LogP contribution in [0.1, 0.15) is 29.5 Å². The van der Waals surface area contributed by atoms with Crippen LogP contribution in [0.2, 0.25) is 0 Å². The largest absolute Gasteiger partial charge is 0.494 e. The van der Waals surface area contributed by atoms with E-state index < -0.39 is 15.7 Å². The maximum absolute atomic E-state index is 13.6. The lowest BCUT2D eigenvalue weighted by molar-refractivity contribution is 0.307. The van der Waals surface area contributed by atoms with Crippen LogP contribution in [0.15, 0.2) is 47.5 Å². The second-order valence-corrected chi connectivity index (χ2v) is 9.34. The summed E-state index contributed by atoms with van der Waals surface area (Å²) in [7, 11) is -1.56. The van der Waals surface area contributed by atoms with Crippen LogP contribution in [0.4, 0.5) is 4.39 Å². The monoisotopic (exact) mass is 435 g/mol. The van der Waals surface area contributed by atoms with Crippen molar-refractivity contribution in [1.29, 1.82) is 0 Å². The number of halogens is 1. The highest BCUT2D eigenvalue weighted by molar-refractivity contribution is 7.89. The van der Waals surface area contributed by atoms with Gasteiger partial charge in [-0.15, -0.1) is 0 Å². The lowest BCUT2D eigenvalue weighted by Crippen LogP contribution is -2.37. The molecule has 2 rings (SSSR count). The molecule has 0 unspecified atom stereocenters. The lowest BCUT2D eigenvalue weighted by Gasteiger charge is -2.14. The molecule has 6 nitrogen and oxygen atoms in total. The first-order valence-electron chi connectivity index (χ1n) is 9.86. The van der Waals surface area contributed by atoms with Crippen LogP contribution in [0.25, 0.3) is 0 Å². The van der Waals surface area contributed by atoms with E-state index in [2.05, 4.69) is 15.6 Å². The minimum Gasteiger partial charge on any atom is -0.494 e. The zero-order chi connectivity index (χ0) is 22.0. The van der Waals surface area contributed by atoms with E-state index in [-0.39, 0.29) is 12.3 Å². The summed E-state index contributed by atoms with van der Waals surface area (Å²) < 4.78 is 42.5. The molecule has 0 bridgehead atoms. The number of benzene rings is 2. The summed E-state index contributed by atoms with van der Waals surface area (Å²) in [5.74, 6) is 0.910. The summed E-state index contributed by atoms with van der Waals surface area (Å²) in [6.07, 6.45) is 2.95. The third-order valence-corrected chi connectivity index (χ3v) is 5.24. The number of ether oxygens (including phenoxy) is 1. The van der Waals surface area contributed by atoms with Gasteiger partial charge in [-0.05, 0) is 55.2 Å². The fourth-order valence-electron chi connectivity index (χ4n) is 2.84. The first-order valence-corrected chi connectivity index (χ1v) is 11.9. The number of rotatable bonds is 10. The molecule has 0 aliphatic rings. The summed E-state index contributed by atoms with van der Waals surface area (Å²) >= 11 is 0. The van der Waals surface area contributed by atoms with Crippen LogP contribution in [-0.4, -0.2) is 40.8 Å². The number of aliphatic imine (C=N–C) groups is 1. The SMILES string of the molecule is CN=C(NCCCCOc1ccc(C)cc1)NCc1cc(F)ccc1CS(C)(=O)=O. The molecule has 0 fully saturated rings. The molecule has 0 amide bonds. The highest BCUT2D eigenvalue weighted by atomic mass is 32.2. The minimum atomic E-state index is -3.21. The third kappa shape index (κ3) is 8.82. The van der Waals surface area contributed by atoms with Gasteiger partial charge in [0.15, 0.2) is 15.8 Å². The maximum atomic E-state index is 13.6. The Kier molecular flexibility index (Phi) is 9.11. The molecule has 0 heterocycles. The number of hydrogen-bond acceptors (Lipinski definition) is 4. The molecule has 0 aliphatic heterocycles. The van der Waals surface area contributed by atoms with Gasteiger partial charge in [-0.1, -0.05) is 23.8 Å². The molecule has 0 aromatic heterocycles. The standard InChI is InChI=1S/C22H30FN3O3S/c1-17-6-10-21(11-7-17)29-13-5-4-12-25-22(24-2)26-15-19-14-20(23)9-8-18(19)16-30(3,27)28/h6-11,14H,4-5,12-13,15-16H2,1-3H3,(H2,24,25,26). The highest BCUT2D eigenvalue weighted by Gasteiger charge is 2.11. The van der Waals surface area contributed by atoms with Crippen molar-refractivity contribution in [3.05, 3.63) is 65.0 Å². The van der Waals surface area contributed by atoms with Gasteiger partial charge in [0.1, 0.15) is 11.6 Å². The van der Waals surface area contributed by atoms with Gasteiger partial charge in [0, 0.05) is 26.4 Å². The van der Waals surface area contributed by atoms with Crippen LogP contribution in [-0.2, 0) is 22.1 Å². The highest BCUT2D eigenvalue weighted by Crippen LogP contribution is 2.14. The van der Waals surface area contributed by atoms with E-state index in [1.807, 2.05) is 31.2 Å². The number of nitrogens with zero attached hydrogens (tertiary/aromatic N) is 1. The first kappa shape index (κ1) is 23.7. The predicted octanol–water partition coefficient (Wildman–Crippen LogP) is 3.20. The van der Waals surface area contributed by atoms with Gasteiger partial charge in [0.2, 0.25) is 0 Å². The Hall–Kier alpha value is -2.61. The number of nitrogens with one attached hydrogen (secondary N) is 2. The van der Waals surface area contributed by atoms with Gasteiger partial charge in [-0.25, -0.2) is 12.8 Å². The number of hydrogen-bond donors (Lipinski definition) is 2. The van der Waals surface area contributed by atoms with Gasteiger partial charge in [-0.3, -0.25) is 4.99 Å². The molecule has 0 aliphatic carbocycles. The van der Waals surface area contributed by atoms with Crippen LogP contribution in [0, 0.1) is 12.7 Å². The summed E-state index contributed by atoms with van der Waals surface area (Å²) in [5.41, 5.74) is 2.37. The molecule has 2 aromatic carbocycles. The van der Waals surface area contributed by atoms with Gasteiger partial charge in [0.05, 0.1) is 12.4 Å². The molecule has 164 valence electrons. The van der Waals surface area contributed by atoms with Crippen molar-refractivity contribution >= 4 is 15.8 Å². The first-order chi connectivity index (χ1) is 14.3. The molecule has 0 spiro atoms. The lowest BCUT2D eigenvalue weighted by atomic mass is 10.1. The molecule has 8 heteroatoms. The maximum Gasteiger partial charge on any atom is 0.191 e. The molecule has 2 N–H and O–H groups in total. The topological polar surface area (TPSA) is 79.8 Å². The Labute approximate surface area is 178 Å². The Balaban J connectivity index is 1.74. The molecule has 30 heavy (non-hydrogen) atoms. The average Bonchev–Trinajstić information content (AvgIpc) is 2.69. The van der Waals surface area contributed by atoms with Crippen LogP contribution >= 0.6 is 0 Å². The fourth-order valence-corrected chi connectivity index (χ4v) is 3.69. The number of aryl methyl sites for hydroxylation is 1. The smallest absolute Gasteiger partial charge is 0.191 e. The molecule has 0 saturated heterocycles. The Morgan fingerprint density at radius 2 is 1.80 bits per heavy atom. The normalized spacial score (nSPS) is 11.9. The van der Waals surface area contributed by atoms with E-state index in [4.69, 9.17) is 4.74 Å². The predicted molar refractivity (Wildman–Crippen MR) is 119 cm³/mol. The Morgan fingerprint density at radius 3 is 2.47 bits per heavy atom. The van der Waals surface area contributed by atoms with E-state index >= 15 is 0 Å². The van der Waals surface area contributed by atoms with E-state index in [1.54, 1.807) is 7.05 Å². The van der Waals surface area contributed by atoms with Crippen LogP contribution in [0.3, 0.4) is 0 Å². The molecular formula is C22H30FN3O3S.